The van der Waals surface area contributed by atoms with Crippen LogP contribution in [0.25, 0.3) is 10.9 Å². The van der Waals surface area contributed by atoms with Crippen molar-refractivity contribution < 1.29 is 9.47 Å². The monoisotopic (exact) mass is 375 g/mol. The van der Waals surface area contributed by atoms with Crippen molar-refractivity contribution in [2.24, 2.45) is 0 Å². The molecule has 0 saturated carbocycles. The van der Waals surface area contributed by atoms with Gasteiger partial charge in [0.15, 0.2) is 11.5 Å². The Bertz CT molecular complexity index is 907. The molecule has 118 valence electrons. The van der Waals surface area contributed by atoms with Crippen LogP contribution < -0.4 is 20.3 Å². The minimum Gasteiger partial charge on any atom is -0.493 e. The molecule has 0 atom stereocenters. The average molecular weight is 376 g/mol. The van der Waals surface area contributed by atoms with Crippen molar-refractivity contribution in [2.75, 3.05) is 19.5 Å². The Morgan fingerprint density at radius 2 is 1.74 bits per heavy atom. The number of aromatic amines is 1. The maximum atomic E-state index is 12.3. The number of anilines is 2. The van der Waals surface area contributed by atoms with Crippen LogP contribution in [0.15, 0.2) is 45.7 Å². The van der Waals surface area contributed by atoms with E-state index in [4.69, 9.17) is 9.47 Å². The summed E-state index contributed by atoms with van der Waals surface area (Å²) in [7, 11) is 3.06. The molecule has 0 spiro atoms. The zero-order chi connectivity index (χ0) is 16.4. The highest BCUT2D eigenvalue weighted by atomic mass is 79.9. The summed E-state index contributed by atoms with van der Waals surface area (Å²) in [4.78, 5) is 19.4. The van der Waals surface area contributed by atoms with Gasteiger partial charge in [-0.1, -0.05) is 15.9 Å². The summed E-state index contributed by atoms with van der Waals surface area (Å²) < 4.78 is 11.4. The second kappa shape index (κ2) is 6.29. The molecule has 3 aromatic rings. The smallest absolute Gasteiger partial charge is 0.260 e. The Morgan fingerprint density at radius 1 is 1.09 bits per heavy atom. The summed E-state index contributed by atoms with van der Waals surface area (Å²) in [6, 6.07) is 10.8. The number of H-pyrrole nitrogens is 1. The van der Waals surface area contributed by atoms with E-state index in [0.717, 1.165) is 10.2 Å². The minimum absolute atomic E-state index is 0.254. The van der Waals surface area contributed by atoms with Gasteiger partial charge in [-0.3, -0.25) is 9.78 Å². The van der Waals surface area contributed by atoms with Crippen molar-refractivity contribution >= 4 is 38.5 Å². The molecule has 1 aromatic heterocycles. The molecule has 3 rings (SSSR count). The first-order valence-corrected chi connectivity index (χ1v) is 7.58. The van der Waals surface area contributed by atoms with E-state index in [1.54, 1.807) is 12.1 Å². The third-order valence-electron chi connectivity index (χ3n) is 3.32. The molecule has 0 bridgehead atoms. The summed E-state index contributed by atoms with van der Waals surface area (Å²) in [6.45, 7) is 0. The normalized spacial score (nSPS) is 10.6. The van der Waals surface area contributed by atoms with Crippen LogP contribution in [-0.2, 0) is 0 Å². The van der Waals surface area contributed by atoms with Gasteiger partial charge in [-0.25, -0.2) is 4.98 Å². The van der Waals surface area contributed by atoms with Gasteiger partial charge in [0.05, 0.1) is 25.1 Å². The Hall–Kier alpha value is -2.54. The molecule has 6 nitrogen and oxygen atoms in total. The van der Waals surface area contributed by atoms with Gasteiger partial charge in [-0.2, -0.15) is 0 Å². The largest absolute Gasteiger partial charge is 0.493 e. The highest BCUT2D eigenvalue weighted by Gasteiger charge is 2.11. The summed E-state index contributed by atoms with van der Waals surface area (Å²) in [5.74, 6) is 1.37. The van der Waals surface area contributed by atoms with Crippen molar-refractivity contribution in [2.45, 2.75) is 0 Å². The van der Waals surface area contributed by atoms with Gasteiger partial charge in [-0.05, 0) is 30.3 Å². The molecule has 0 fully saturated rings. The van der Waals surface area contributed by atoms with Crippen molar-refractivity contribution in [3.8, 4) is 11.5 Å². The molecule has 0 unspecified atom stereocenters. The summed E-state index contributed by atoms with van der Waals surface area (Å²) in [5, 5.41) is 3.50. The van der Waals surface area contributed by atoms with E-state index >= 15 is 0 Å². The lowest BCUT2D eigenvalue weighted by Crippen LogP contribution is -2.11. The van der Waals surface area contributed by atoms with Crippen LogP contribution in [0.1, 0.15) is 0 Å². The Balaban J connectivity index is 2.06. The third kappa shape index (κ3) is 3.14. The van der Waals surface area contributed by atoms with Crippen LogP contribution in [0.2, 0.25) is 0 Å². The number of hydrogen-bond acceptors (Lipinski definition) is 5. The lowest BCUT2D eigenvalue weighted by molar-refractivity contribution is 0.355. The lowest BCUT2D eigenvalue weighted by Gasteiger charge is -2.10. The highest BCUT2D eigenvalue weighted by molar-refractivity contribution is 9.10. The Morgan fingerprint density at radius 3 is 2.39 bits per heavy atom. The molecule has 23 heavy (non-hydrogen) atoms. The molecular weight excluding hydrogens is 362 g/mol. The SMILES string of the molecule is COc1cc2nc(Nc3ccc(Br)cc3)[nH]c(=O)c2cc1OC. The van der Waals surface area contributed by atoms with E-state index in [-0.39, 0.29) is 5.56 Å². The zero-order valence-electron chi connectivity index (χ0n) is 12.5. The number of rotatable bonds is 4. The maximum Gasteiger partial charge on any atom is 0.260 e. The topological polar surface area (TPSA) is 76.2 Å². The van der Waals surface area contributed by atoms with Crippen molar-refractivity contribution in [3.05, 3.63) is 51.2 Å². The fourth-order valence-corrected chi connectivity index (χ4v) is 2.46. The predicted molar refractivity (Wildman–Crippen MR) is 92.9 cm³/mol. The van der Waals surface area contributed by atoms with Gasteiger partial charge in [0.2, 0.25) is 5.95 Å². The number of nitrogens with zero attached hydrogens (tertiary/aromatic N) is 1. The van der Waals surface area contributed by atoms with Crippen molar-refractivity contribution in [3.63, 3.8) is 0 Å². The molecule has 7 heteroatoms. The first-order valence-electron chi connectivity index (χ1n) is 6.79. The number of ether oxygens (including phenoxy) is 2. The Kier molecular flexibility index (Phi) is 4.20. The predicted octanol–water partition coefficient (Wildman–Crippen LogP) is 3.45. The maximum absolute atomic E-state index is 12.3. The number of hydrogen-bond donors (Lipinski definition) is 2. The zero-order valence-corrected chi connectivity index (χ0v) is 14.1. The molecule has 0 aliphatic rings. The van der Waals surface area contributed by atoms with Crippen LogP contribution >= 0.6 is 15.9 Å². The van der Waals surface area contributed by atoms with Gasteiger partial charge in [-0.15, -0.1) is 0 Å². The number of fused-ring (bicyclic) bond motifs is 1. The lowest BCUT2D eigenvalue weighted by atomic mass is 10.2. The third-order valence-corrected chi connectivity index (χ3v) is 3.85. The first-order chi connectivity index (χ1) is 11.1. The van der Waals surface area contributed by atoms with Gasteiger partial charge in [0.25, 0.3) is 5.56 Å². The highest BCUT2D eigenvalue weighted by Crippen LogP contribution is 2.30. The van der Waals surface area contributed by atoms with Crippen LogP contribution in [0, 0.1) is 0 Å². The number of nitrogens with one attached hydrogen (secondary N) is 2. The van der Waals surface area contributed by atoms with Crippen molar-refractivity contribution in [1.82, 2.24) is 9.97 Å². The van der Waals surface area contributed by atoms with Gasteiger partial charge in [0, 0.05) is 16.2 Å². The fraction of sp³-hybridized carbons (Fsp3) is 0.125. The quantitative estimate of drug-likeness (QED) is 0.730. The summed E-state index contributed by atoms with van der Waals surface area (Å²) in [6.07, 6.45) is 0. The fourth-order valence-electron chi connectivity index (χ4n) is 2.20. The van der Waals surface area contributed by atoms with Gasteiger partial charge >= 0.3 is 0 Å². The molecule has 0 aliphatic carbocycles. The van der Waals surface area contributed by atoms with Crippen LogP contribution in [-0.4, -0.2) is 24.2 Å². The van der Waals surface area contributed by atoms with E-state index in [1.807, 2.05) is 24.3 Å². The first kappa shape index (κ1) is 15.4. The Labute approximate surface area is 140 Å². The molecule has 2 N–H and O–H groups in total. The van der Waals surface area contributed by atoms with Gasteiger partial charge < -0.3 is 14.8 Å². The number of benzene rings is 2. The number of halogens is 1. The van der Waals surface area contributed by atoms with Crippen LogP contribution in [0.5, 0.6) is 11.5 Å². The molecule has 0 amide bonds. The van der Waals surface area contributed by atoms with E-state index in [2.05, 4.69) is 31.2 Å². The van der Waals surface area contributed by atoms with E-state index < -0.39 is 0 Å². The summed E-state index contributed by atoms with van der Waals surface area (Å²) >= 11 is 3.38. The second-order valence-electron chi connectivity index (χ2n) is 4.77. The van der Waals surface area contributed by atoms with E-state index in [0.29, 0.717) is 28.4 Å². The number of methoxy groups -OCH3 is 2. The molecule has 0 aliphatic heterocycles. The van der Waals surface area contributed by atoms with Crippen LogP contribution in [0.3, 0.4) is 0 Å². The molecule has 0 radical (unpaired) electrons. The number of aromatic nitrogens is 2. The van der Waals surface area contributed by atoms with E-state index in [9.17, 15) is 4.79 Å². The van der Waals surface area contributed by atoms with Crippen LogP contribution in [0.4, 0.5) is 11.6 Å². The standard InChI is InChI=1S/C16H14BrN3O3/c1-22-13-7-11-12(8-14(13)23-2)19-16(20-15(11)21)18-10-5-3-9(17)4-6-10/h3-8H,1-2H3,(H2,18,19,20,21). The molecule has 1 heterocycles. The molecular formula is C16H14BrN3O3. The van der Waals surface area contributed by atoms with Gasteiger partial charge in [0.1, 0.15) is 0 Å². The molecule has 2 aromatic carbocycles. The average Bonchev–Trinajstić information content (AvgIpc) is 2.56. The second-order valence-corrected chi connectivity index (χ2v) is 5.69. The van der Waals surface area contributed by atoms with Crippen molar-refractivity contribution in [1.29, 1.82) is 0 Å². The summed E-state index contributed by atoms with van der Waals surface area (Å²) in [5.41, 5.74) is 1.08. The minimum atomic E-state index is -0.254. The van der Waals surface area contributed by atoms with E-state index in [1.165, 1.54) is 14.2 Å². The molecule has 0 saturated heterocycles.